The summed E-state index contributed by atoms with van der Waals surface area (Å²) in [4.78, 5) is 22.4. The fourth-order valence-electron chi connectivity index (χ4n) is 3.01. The molecule has 0 aliphatic carbocycles. The van der Waals surface area contributed by atoms with Crippen LogP contribution in [0.4, 0.5) is 5.69 Å². The van der Waals surface area contributed by atoms with Crippen LogP contribution >= 0.6 is 0 Å². The molecule has 0 bridgehead atoms. The number of aromatic hydroxyl groups is 1. The number of phenols is 1. The van der Waals surface area contributed by atoms with Crippen LogP contribution in [0.15, 0.2) is 48.5 Å². The molecule has 3 N–H and O–H groups in total. The minimum absolute atomic E-state index is 0.0525. The number of phenolic OH excluding ortho intramolecular Hbond substituents is 1. The van der Waals surface area contributed by atoms with E-state index >= 15 is 0 Å². The van der Waals surface area contributed by atoms with Crippen LogP contribution in [0.3, 0.4) is 0 Å². The maximum Gasteiger partial charge on any atom is 0.331 e. The number of hydrogen-bond donors (Lipinski definition) is 3. The van der Waals surface area contributed by atoms with Gasteiger partial charge in [0, 0.05) is 18.2 Å². The van der Waals surface area contributed by atoms with Gasteiger partial charge in [-0.2, -0.15) is 0 Å². The first-order valence-corrected chi connectivity index (χ1v) is 9.43. The van der Waals surface area contributed by atoms with Crippen LogP contribution < -0.4 is 9.47 Å². The summed E-state index contributed by atoms with van der Waals surface area (Å²) >= 11 is 0. The van der Waals surface area contributed by atoms with E-state index in [1.54, 1.807) is 6.07 Å². The Balaban J connectivity index is 1.63. The molecule has 0 amide bonds. The lowest BCUT2D eigenvalue weighted by Gasteiger charge is -2.19. The smallest absolute Gasteiger partial charge is 0.331 e. The topological polar surface area (TPSA) is 158 Å². The molecule has 4 atom stereocenters. The van der Waals surface area contributed by atoms with Crippen LogP contribution in [-0.4, -0.2) is 64.5 Å². The highest BCUT2D eigenvalue weighted by Gasteiger charge is 2.47. The number of carbonyl (C=O) groups excluding carboxylic acids is 1. The molecule has 170 valence electrons. The number of nitrogens with zero attached hydrogens (tertiary/aromatic N) is 1. The molecule has 1 saturated heterocycles. The zero-order valence-electron chi connectivity index (χ0n) is 16.9. The van der Waals surface area contributed by atoms with Crippen molar-refractivity contribution in [2.45, 2.75) is 24.6 Å². The van der Waals surface area contributed by atoms with Gasteiger partial charge in [0.05, 0.1) is 18.6 Å². The second-order valence-electron chi connectivity index (χ2n) is 6.75. The van der Waals surface area contributed by atoms with Crippen molar-refractivity contribution in [3.8, 4) is 17.2 Å². The lowest BCUT2D eigenvalue weighted by atomic mass is 10.1. The van der Waals surface area contributed by atoms with Gasteiger partial charge in [-0.25, -0.2) is 4.79 Å². The Kier molecular flexibility index (Phi) is 7.25. The molecule has 11 nitrogen and oxygen atoms in total. The Morgan fingerprint density at radius 1 is 1.25 bits per heavy atom. The highest BCUT2D eigenvalue weighted by atomic mass is 16.7. The third-order valence-corrected chi connectivity index (χ3v) is 4.64. The summed E-state index contributed by atoms with van der Waals surface area (Å²) in [5.74, 6) is -0.446. The van der Waals surface area contributed by atoms with E-state index in [4.69, 9.17) is 18.9 Å². The maximum absolute atomic E-state index is 12.2. The van der Waals surface area contributed by atoms with E-state index in [9.17, 15) is 30.2 Å². The number of aliphatic hydroxyl groups excluding tert-OH is 2. The van der Waals surface area contributed by atoms with E-state index < -0.39 is 42.1 Å². The number of non-ortho nitro benzene ring substituents is 1. The number of aliphatic hydroxyl groups is 2. The van der Waals surface area contributed by atoms with Crippen molar-refractivity contribution in [2.24, 2.45) is 0 Å². The number of esters is 1. The third-order valence-electron chi connectivity index (χ3n) is 4.64. The second kappa shape index (κ2) is 10.1. The van der Waals surface area contributed by atoms with Gasteiger partial charge in [-0.3, -0.25) is 10.1 Å². The maximum atomic E-state index is 12.2. The number of rotatable bonds is 8. The van der Waals surface area contributed by atoms with Gasteiger partial charge < -0.3 is 34.3 Å². The van der Waals surface area contributed by atoms with Gasteiger partial charge in [0.2, 0.25) is 6.29 Å². The normalized spacial score (nSPS) is 22.6. The van der Waals surface area contributed by atoms with E-state index in [0.29, 0.717) is 5.56 Å². The minimum Gasteiger partial charge on any atom is -0.504 e. The predicted octanol–water partition coefficient (Wildman–Crippen LogP) is 1.39. The monoisotopic (exact) mass is 447 g/mol. The molecule has 0 spiro atoms. The van der Waals surface area contributed by atoms with Gasteiger partial charge in [0.15, 0.2) is 23.7 Å². The largest absolute Gasteiger partial charge is 0.504 e. The van der Waals surface area contributed by atoms with E-state index in [1.165, 1.54) is 49.6 Å². The Labute approximate surface area is 182 Å². The molecule has 1 aliphatic heterocycles. The molecule has 1 aliphatic rings. The van der Waals surface area contributed by atoms with Crippen molar-refractivity contribution < 1.29 is 44.0 Å². The number of methoxy groups -OCH3 is 1. The summed E-state index contributed by atoms with van der Waals surface area (Å²) < 4.78 is 21.1. The number of ether oxygens (including phenoxy) is 4. The van der Waals surface area contributed by atoms with Crippen LogP contribution in [0.1, 0.15) is 5.56 Å². The molecule has 0 unspecified atom stereocenters. The Morgan fingerprint density at radius 3 is 2.59 bits per heavy atom. The van der Waals surface area contributed by atoms with Crippen molar-refractivity contribution in [1.29, 1.82) is 0 Å². The van der Waals surface area contributed by atoms with Crippen LogP contribution in [-0.2, 0) is 14.3 Å². The van der Waals surface area contributed by atoms with Gasteiger partial charge in [-0.1, -0.05) is 6.07 Å². The molecule has 1 heterocycles. The van der Waals surface area contributed by atoms with Gasteiger partial charge in [-0.05, 0) is 35.9 Å². The number of carbonyl (C=O) groups is 1. The van der Waals surface area contributed by atoms with Crippen LogP contribution in [0.25, 0.3) is 6.08 Å². The SMILES string of the molecule is COc1cc(/C=C/C(=O)O[C@@H]2[C@@H](O)[C@H](Oc3ccc([N+](=O)[O-])cc3)O[C@H]2CO)ccc1O. The van der Waals surface area contributed by atoms with Gasteiger partial charge in [-0.15, -0.1) is 0 Å². The first kappa shape index (κ1) is 23.0. The van der Waals surface area contributed by atoms with Crippen LogP contribution in [0.2, 0.25) is 0 Å². The van der Waals surface area contributed by atoms with Gasteiger partial charge >= 0.3 is 5.97 Å². The lowest BCUT2D eigenvalue weighted by Crippen LogP contribution is -2.39. The lowest BCUT2D eigenvalue weighted by molar-refractivity contribution is -0.384. The molecule has 11 heteroatoms. The van der Waals surface area contributed by atoms with E-state index in [0.717, 1.165) is 6.08 Å². The summed E-state index contributed by atoms with van der Waals surface area (Å²) in [6.45, 7) is -0.548. The highest BCUT2D eigenvalue weighted by Crippen LogP contribution is 2.29. The zero-order valence-corrected chi connectivity index (χ0v) is 16.9. The zero-order chi connectivity index (χ0) is 23.3. The first-order valence-electron chi connectivity index (χ1n) is 9.43. The highest BCUT2D eigenvalue weighted by molar-refractivity contribution is 5.87. The summed E-state index contributed by atoms with van der Waals surface area (Å²) in [6, 6.07) is 9.57. The van der Waals surface area contributed by atoms with E-state index in [2.05, 4.69) is 0 Å². The Hall–Kier alpha value is -3.67. The molecular weight excluding hydrogens is 426 g/mol. The molecule has 32 heavy (non-hydrogen) atoms. The van der Waals surface area contributed by atoms with Crippen LogP contribution in [0.5, 0.6) is 17.2 Å². The van der Waals surface area contributed by atoms with E-state index in [1.807, 2.05) is 0 Å². The summed E-state index contributed by atoms with van der Waals surface area (Å²) in [5.41, 5.74) is 0.418. The molecule has 1 fully saturated rings. The number of nitro groups is 1. The van der Waals surface area contributed by atoms with Crippen molar-refractivity contribution in [1.82, 2.24) is 0 Å². The standard InChI is InChI=1S/C21H21NO10/c1-29-16-10-12(2-8-15(16)24)3-9-18(25)32-20-17(11-23)31-21(19(20)26)30-14-6-4-13(5-7-14)22(27)28/h2-10,17,19-21,23-24,26H,11H2,1H3/b9-3+/t17-,19+,20-,21+/m0/s1. The molecule has 3 rings (SSSR count). The third kappa shape index (κ3) is 5.32. The summed E-state index contributed by atoms with van der Waals surface area (Å²) in [6.07, 6.45) is -2.41. The van der Waals surface area contributed by atoms with Crippen molar-refractivity contribution in [2.75, 3.05) is 13.7 Å². The van der Waals surface area contributed by atoms with Gasteiger partial charge in [0.1, 0.15) is 11.9 Å². The molecule has 2 aromatic carbocycles. The predicted molar refractivity (Wildman–Crippen MR) is 109 cm³/mol. The quantitative estimate of drug-likeness (QED) is 0.234. The summed E-state index contributed by atoms with van der Waals surface area (Å²) in [7, 11) is 1.39. The Bertz CT molecular complexity index is 991. The first-order chi connectivity index (χ1) is 15.3. The van der Waals surface area contributed by atoms with Crippen molar-refractivity contribution >= 4 is 17.7 Å². The number of benzene rings is 2. The average molecular weight is 447 g/mol. The Morgan fingerprint density at radius 2 is 1.97 bits per heavy atom. The molecule has 0 saturated carbocycles. The second-order valence-corrected chi connectivity index (χ2v) is 6.75. The molecule has 0 aromatic heterocycles. The van der Waals surface area contributed by atoms with Gasteiger partial charge in [0.25, 0.3) is 5.69 Å². The minimum atomic E-state index is -1.42. The van der Waals surface area contributed by atoms with Crippen molar-refractivity contribution in [3.63, 3.8) is 0 Å². The fourth-order valence-corrected chi connectivity index (χ4v) is 3.01. The number of hydrogen-bond acceptors (Lipinski definition) is 10. The van der Waals surface area contributed by atoms with E-state index in [-0.39, 0.29) is 22.9 Å². The molecule has 0 radical (unpaired) electrons. The molecular formula is C21H21NO10. The fraction of sp³-hybridized carbons (Fsp3) is 0.286. The van der Waals surface area contributed by atoms with Crippen molar-refractivity contribution in [3.05, 3.63) is 64.2 Å². The average Bonchev–Trinajstić information content (AvgIpc) is 3.08. The number of nitro benzene ring substituents is 1. The summed E-state index contributed by atoms with van der Waals surface area (Å²) in [5, 5.41) is 40.3. The molecule has 2 aromatic rings. The van der Waals surface area contributed by atoms with Crippen LogP contribution in [0, 0.1) is 10.1 Å².